The van der Waals surface area contributed by atoms with E-state index < -0.39 is 0 Å². The molecule has 0 bridgehead atoms. The van der Waals surface area contributed by atoms with Crippen LogP contribution >= 0.6 is 0 Å². The van der Waals surface area contributed by atoms with E-state index in [2.05, 4.69) is 0 Å². The molecule has 34 valence electrons. The first-order valence-electron chi connectivity index (χ1n) is 0. The van der Waals surface area contributed by atoms with Crippen LogP contribution < -0.4 is 0 Å². The third-order valence-electron chi connectivity index (χ3n) is 0. The Morgan fingerprint density at radius 1 is 1.00 bits per heavy atom. The van der Waals surface area contributed by atoms with Gasteiger partial charge in [0.15, 0.2) is 0 Å². The summed E-state index contributed by atoms with van der Waals surface area (Å²) in [5.41, 5.74) is 0. The molecular weight excluding hydrogens is 285 g/mol. The van der Waals surface area contributed by atoms with Gasteiger partial charge in [-0.15, -0.1) is 0 Å². The Hall–Kier alpha value is 4.18. The Morgan fingerprint density at radius 2 is 1.00 bits per heavy atom. The van der Waals surface area contributed by atoms with Crippen molar-refractivity contribution in [1.82, 2.24) is 0 Å². The molecule has 0 aromatic heterocycles. The summed E-state index contributed by atoms with van der Waals surface area (Å²) in [5.74, 6) is 0. The summed E-state index contributed by atoms with van der Waals surface area (Å²) in [7, 11) is 0. The van der Waals surface area contributed by atoms with E-state index in [4.69, 9.17) is 0 Å². The Bertz CT molecular complexity index is 15.5. The Balaban J connectivity index is 0. The molecule has 0 aromatic carbocycles. The van der Waals surface area contributed by atoms with Crippen LogP contribution in [0.5, 0.6) is 0 Å². The topological polar surface area (TPSA) is 0 Å². The van der Waals surface area contributed by atoms with Crippen LogP contribution in [0.15, 0.2) is 0 Å². The fourth-order valence-electron chi connectivity index (χ4n) is 0. The van der Waals surface area contributed by atoms with Gasteiger partial charge >= 0.3 is 0 Å². The van der Waals surface area contributed by atoms with E-state index in [9.17, 15) is 0 Å². The fraction of sp³-hybridized carbons (Fsp3) is 0. The van der Waals surface area contributed by atoms with E-state index in [1.807, 2.05) is 0 Å². The van der Waals surface area contributed by atoms with Gasteiger partial charge in [0.2, 0.25) is 0 Å². The maximum absolute atomic E-state index is 0. The van der Waals surface area contributed by atoms with Crippen LogP contribution in [0, 0.1) is 0 Å². The summed E-state index contributed by atoms with van der Waals surface area (Å²) < 4.78 is 0. The minimum Gasteiger partial charge on any atom is 0 e. The zero-order valence-electron chi connectivity index (χ0n) is 2.89. The summed E-state index contributed by atoms with van der Waals surface area (Å²) >= 11 is 0. The number of hydrogen-bond acceptors (Lipinski definition) is 0. The molecule has 6 heteroatoms. The molecule has 0 saturated carbocycles. The van der Waals surface area contributed by atoms with Gasteiger partial charge in [-0.1, -0.05) is 0 Å². The SMILES string of the molecule is [Al].[Ca].[Co].[Mn].[Ni].[Sc]. The molecule has 0 nitrogen and oxygen atoms in total. The molecule has 0 aromatic rings. The standard InChI is InChI=1S/Al.Ca.Co.Mn.Ni.Sc. The monoisotopic (exact) mass is 284 g/mol. The molecule has 0 atom stereocenters. The van der Waals surface area contributed by atoms with E-state index in [1.54, 1.807) is 0 Å². The largest absolute Gasteiger partial charge is 0 e. The maximum Gasteiger partial charge on any atom is 0 e. The first-order chi connectivity index (χ1) is 0. The minimum absolute atomic E-state index is 0. The van der Waals surface area contributed by atoms with Gasteiger partial charge in [0.05, 0.1) is 0 Å². The summed E-state index contributed by atoms with van der Waals surface area (Å²) in [6.07, 6.45) is 0. The molecule has 0 amide bonds. The van der Waals surface area contributed by atoms with Crippen molar-refractivity contribution >= 4 is 55.1 Å². The number of hydrogen-bond donors (Lipinski definition) is 0. The van der Waals surface area contributed by atoms with Crippen LogP contribution in [0.25, 0.3) is 0 Å². The molecule has 0 N–H and O–H groups in total. The first-order valence-corrected chi connectivity index (χ1v) is 0. The normalized spacial score (nSPS) is 0. The second-order valence-electron chi connectivity index (χ2n) is 0. The quantitative estimate of drug-likeness (QED) is 0.513. The molecule has 0 unspecified atom stereocenters. The van der Waals surface area contributed by atoms with Crippen molar-refractivity contribution in [2.75, 3.05) is 0 Å². The van der Waals surface area contributed by atoms with E-state index in [0.717, 1.165) is 0 Å². The van der Waals surface area contributed by atoms with Crippen molar-refractivity contribution in [2.24, 2.45) is 0 Å². The second-order valence-corrected chi connectivity index (χ2v) is 0. The van der Waals surface area contributed by atoms with Gasteiger partial charge in [-0.25, -0.2) is 0 Å². The van der Waals surface area contributed by atoms with Gasteiger partial charge in [-0.05, 0) is 0 Å². The van der Waals surface area contributed by atoms with Crippen LogP contribution in [-0.2, 0) is 76.2 Å². The maximum atomic E-state index is 0. The second kappa shape index (κ2) is 35.1. The Kier molecular flexibility index (Phi) is 288. The third-order valence-corrected chi connectivity index (χ3v) is 0. The zero-order chi connectivity index (χ0) is 0. The predicted octanol–water partition coefficient (Wildman–Crippen LogP) is -0.772. The molecule has 0 aliphatic rings. The molecular formula is AlCaCoMnNiSc. The predicted molar refractivity (Wildman–Crippen MR) is 11.5 cm³/mol. The van der Waals surface area contributed by atoms with Crippen LogP contribution in [0.3, 0.4) is 0 Å². The van der Waals surface area contributed by atoms with Crippen LogP contribution in [0.1, 0.15) is 0 Å². The Morgan fingerprint density at radius 3 is 1.00 bits per heavy atom. The van der Waals surface area contributed by atoms with E-state index in [-0.39, 0.29) is 131 Å². The van der Waals surface area contributed by atoms with Crippen molar-refractivity contribution in [1.29, 1.82) is 0 Å². The average molecular weight is 285 g/mol. The number of rotatable bonds is 0. The molecule has 8 radical (unpaired) electrons. The third kappa shape index (κ3) is 24.1. The molecule has 0 aliphatic carbocycles. The van der Waals surface area contributed by atoms with Gasteiger partial charge in [-0.2, -0.15) is 0 Å². The summed E-state index contributed by atoms with van der Waals surface area (Å²) in [6.45, 7) is 0. The van der Waals surface area contributed by atoms with Gasteiger partial charge in [-0.3, -0.25) is 0 Å². The summed E-state index contributed by atoms with van der Waals surface area (Å²) in [5, 5.41) is 0. The molecule has 0 rings (SSSR count). The zero-order valence-corrected chi connectivity index (χ0v) is 11.3. The molecule has 0 heterocycles. The van der Waals surface area contributed by atoms with Crippen molar-refractivity contribution in [3.8, 4) is 0 Å². The van der Waals surface area contributed by atoms with Crippen LogP contribution in [-0.4, -0.2) is 55.1 Å². The van der Waals surface area contributed by atoms with E-state index in [0.29, 0.717) is 0 Å². The van der Waals surface area contributed by atoms with Gasteiger partial charge in [0, 0.05) is 131 Å². The van der Waals surface area contributed by atoms with Crippen molar-refractivity contribution < 1.29 is 76.2 Å². The van der Waals surface area contributed by atoms with Crippen LogP contribution in [0.4, 0.5) is 0 Å². The van der Waals surface area contributed by atoms with Crippen molar-refractivity contribution in [3.63, 3.8) is 0 Å². The smallest absolute Gasteiger partial charge is 0 e. The summed E-state index contributed by atoms with van der Waals surface area (Å²) in [4.78, 5) is 0. The fourth-order valence-corrected chi connectivity index (χ4v) is 0. The van der Waals surface area contributed by atoms with Gasteiger partial charge < -0.3 is 0 Å². The molecule has 0 spiro atoms. The Labute approximate surface area is 128 Å². The molecule has 0 saturated heterocycles. The van der Waals surface area contributed by atoms with E-state index >= 15 is 0 Å². The average Bonchev–Trinajstić information content (AvgIpc) is 0. The van der Waals surface area contributed by atoms with Gasteiger partial charge in [0.1, 0.15) is 0 Å². The first kappa shape index (κ1) is 49.1. The summed E-state index contributed by atoms with van der Waals surface area (Å²) in [6, 6.07) is 0. The van der Waals surface area contributed by atoms with E-state index in [1.165, 1.54) is 0 Å². The molecule has 0 fully saturated rings. The molecule has 6 heavy (non-hydrogen) atoms. The molecule has 0 aliphatic heterocycles. The van der Waals surface area contributed by atoms with Crippen LogP contribution in [0.2, 0.25) is 0 Å². The van der Waals surface area contributed by atoms with Gasteiger partial charge in [0.25, 0.3) is 0 Å². The van der Waals surface area contributed by atoms with Crippen molar-refractivity contribution in [3.05, 3.63) is 0 Å². The minimum atomic E-state index is 0. The van der Waals surface area contributed by atoms with Crippen molar-refractivity contribution in [2.45, 2.75) is 0 Å².